The zero-order valence-corrected chi connectivity index (χ0v) is 16.7. The summed E-state index contributed by atoms with van der Waals surface area (Å²) in [7, 11) is 1.34. The molecule has 0 atom stereocenters. The second-order valence-corrected chi connectivity index (χ2v) is 6.68. The van der Waals surface area contributed by atoms with Crippen LogP contribution in [-0.4, -0.2) is 22.6 Å². The number of hydrogen-bond donors (Lipinski definition) is 0. The summed E-state index contributed by atoms with van der Waals surface area (Å²) in [5.41, 5.74) is 4.88. The predicted octanol–water partition coefficient (Wildman–Crippen LogP) is 4.85. The van der Waals surface area contributed by atoms with Crippen molar-refractivity contribution in [3.63, 3.8) is 0 Å². The number of carbonyl (C=O) groups is 1. The van der Waals surface area contributed by atoms with Gasteiger partial charge in [0.15, 0.2) is 0 Å². The number of rotatable bonds is 5. The van der Waals surface area contributed by atoms with Crippen LogP contribution in [0.15, 0.2) is 54.6 Å². The first-order valence-corrected chi connectivity index (χ1v) is 9.10. The predicted molar refractivity (Wildman–Crippen MR) is 113 cm³/mol. The molecular weight excluding hydrogens is 382 g/mol. The van der Waals surface area contributed by atoms with E-state index in [0.717, 1.165) is 22.6 Å². The van der Waals surface area contributed by atoms with Crippen LogP contribution in [0.2, 0.25) is 0 Å². The number of methoxy groups -OCH3 is 1. The second-order valence-electron chi connectivity index (χ2n) is 6.68. The van der Waals surface area contributed by atoms with E-state index >= 15 is 0 Å². The fourth-order valence-corrected chi connectivity index (χ4v) is 3.32. The molecule has 3 rings (SSSR count). The average Bonchev–Trinajstić information content (AvgIpc) is 3.04. The maximum atomic E-state index is 11.9. The molecule has 2 aromatic carbocycles. The number of nitro groups is 1. The Morgan fingerprint density at radius 2 is 1.83 bits per heavy atom. The van der Waals surface area contributed by atoms with Crippen molar-refractivity contribution in [1.82, 2.24) is 4.57 Å². The Labute approximate surface area is 173 Å². The number of hydrogen-bond acceptors (Lipinski definition) is 5. The van der Waals surface area contributed by atoms with E-state index in [1.807, 2.05) is 30.5 Å². The molecule has 1 heterocycles. The molecular formula is C23H19N3O4. The summed E-state index contributed by atoms with van der Waals surface area (Å²) in [5, 5.41) is 20.5. The number of nitro benzene ring substituents is 1. The van der Waals surface area contributed by atoms with Crippen molar-refractivity contribution in [3.8, 4) is 11.8 Å². The van der Waals surface area contributed by atoms with Crippen molar-refractivity contribution in [1.29, 1.82) is 5.26 Å². The molecule has 150 valence electrons. The Bertz CT molecular complexity index is 1200. The highest BCUT2D eigenvalue weighted by Crippen LogP contribution is 2.26. The maximum Gasteiger partial charge on any atom is 0.337 e. The number of nitrogens with zero attached hydrogens (tertiary/aromatic N) is 3. The van der Waals surface area contributed by atoms with E-state index in [-0.39, 0.29) is 5.69 Å². The van der Waals surface area contributed by atoms with Crippen molar-refractivity contribution in [3.05, 3.63) is 92.8 Å². The minimum Gasteiger partial charge on any atom is -0.465 e. The van der Waals surface area contributed by atoms with Crippen LogP contribution in [0.4, 0.5) is 5.69 Å². The number of carbonyl (C=O) groups excluding carboxylic acids is 1. The lowest BCUT2D eigenvalue weighted by Crippen LogP contribution is -2.04. The molecule has 7 heteroatoms. The fourth-order valence-electron chi connectivity index (χ4n) is 3.32. The molecule has 0 N–H and O–H groups in total. The van der Waals surface area contributed by atoms with E-state index in [9.17, 15) is 20.2 Å². The van der Waals surface area contributed by atoms with Crippen LogP contribution in [0.5, 0.6) is 0 Å². The topological polar surface area (TPSA) is 98.2 Å². The molecule has 0 bridgehead atoms. The molecule has 0 spiro atoms. The zero-order chi connectivity index (χ0) is 21.8. The first kappa shape index (κ1) is 20.6. The van der Waals surface area contributed by atoms with Crippen LogP contribution in [0.3, 0.4) is 0 Å². The summed E-state index contributed by atoms with van der Waals surface area (Å²) < 4.78 is 6.79. The Kier molecular flexibility index (Phi) is 5.79. The number of ether oxygens (including phenoxy) is 1. The van der Waals surface area contributed by atoms with E-state index in [1.165, 1.54) is 19.2 Å². The van der Waals surface area contributed by atoms with Gasteiger partial charge in [-0.3, -0.25) is 10.1 Å². The lowest BCUT2D eigenvalue weighted by Gasteiger charge is -2.11. The third kappa shape index (κ3) is 3.98. The Morgan fingerprint density at radius 1 is 1.13 bits per heavy atom. The molecule has 0 aliphatic carbocycles. The zero-order valence-electron chi connectivity index (χ0n) is 16.7. The first-order valence-electron chi connectivity index (χ1n) is 9.10. The minimum absolute atomic E-state index is 0.0281. The van der Waals surface area contributed by atoms with Gasteiger partial charge >= 0.3 is 5.97 Å². The smallest absolute Gasteiger partial charge is 0.337 e. The highest BCUT2D eigenvalue weighted by atomic mass is 16.6. The number of esters is 1. The lowest BCUT2D eigenvalue weighted by molar-refractivity contribution is -0.384. The molecule has 0 fully saturated rings. The first-order chi connectivity index (χ1) is 14.3. The average molecular weight is 401 g/mol. The van der Waals surface area contributed by atoms with Gasteiger partial charge in [0.05, 0.1) is 29.2 Å². The molecule has 0 aliphatic rings. The number of aromatic nitrogens is 1. The van der Waals surface area contributed by atoms with Crippen LogP contribution in [0.1, 0.15) is 32.9 Å². The highest BCUT2D eigenvalue weighted by molar-refractivity contribution is 5.91. The fraction of sp³-hybridized carbons (Fsp3) is 0.130. The molecule has 0 saturated heterocycles. The second kappa shape index (κ2) is 8.45. The van der Waals surface area contributed by atoms with Crippen LogP contribution < -0.4 is 0 Å². The standard InChI is InChI=1S/C23H19N3O4/c1-15-11-19(12-20(14-24)17-7-9-21(10-8-17)26(28)29)16(2)25(15)22-6-4-5-18(13-22)23(27)30-3/h4-13H,1-3H3/b20-12-. The van der Waals surface area contributed by atoms with Crippen molar-refractivity contribution < 1.29 is 14.5 Å². The normalized spacial score (nSPS) is 11.1. The molecule has 1 aromatic heterocycles. The van der Waals surface area contributed by atoms with Gasteiger partial charge in [0.1, 0.15) is 0 Å². The van der Waals surface area contributed by atoms with Gasteiger partial charge in [0.2, 0.25) is 0 Å². The van der Waals surface area contributed by atoms with Gasteiger partial charge in [0, 0.05) is 29.2 Å². The van der Waals surface area contributed by atoms with Gasteiger partial charge in [-0.25, -0.2) is 4.79 Å². The van der Waals surface area contributed by atoms with E-state index in [0.29, 0.717) is 16.7 Å². The van der Waals surface area contributed by atoms with Gasteiger partial charge in [-0.2, -0.15) is 5.26 Å². The largest absolute Gasteiger partial charge is 0.465 e. The van der Waals surface area contributed by atoms with Crippen molar-refractivity contribution >= 4 is 23.3 Å². The summed E-state index contributed by atoms with van der Waals surface area (Å²) in [4.78, 5) is 22.2. The van der Waals surface area contributed by atoms with Gasteiger partial charge in [-0.15, -0.1) is 0 Å². The highest BCUT2D eigenvalue weighted by Gasteiger charge is 2.14. The molecule has 0 radical (unpaired) electrons. The third-order valence-corrected chi connectivity index (χ3v) is 4.81. The van der Waals surface area contributed by atoms with E-state index < -0.39 is 10.9 Å². The molecule has 0 amide bonds. The molecule has 0 aliphatic heterocycles. The van der Waals surface area contributed by atoms with Crippen LogP contribution in [0, 0.1) is 35.3 Å². The summed E-state index contributed by atoms with van der Waals surface area (Å²) in [6, 6.07) is 17.1. The molecule has 30 heavy (non-hydrogen) atoms. The SMILES string of the molecule is COC(=O)c1cccc(-n2c(C)cc(/C=C(/C#N)c3ccc([N+](=O)[O-])cc3)c2C)c1. The number of benzene rings is 2. The Balaban J connectivity index is 2.03. The summed E-state index contributed by atoms with van der Waals surface area (Å²) in [6.07, 6.45) is 1.75. The van der Waals surface area contributed by atoms with E-state index in [2.05, 4.69) is 6.07 Å². The van der Waals surface area contributed by atoms with Crippen molar-refractivity contribution in [2.45, 2.75) is 13.8 Å². The van der Waals surface area contributed by atoms with Gasteiger partial charge in [-0.05, 0) is 67.4 Å². The molecule has 0 saturated carbocycles. The lowest BCUT2D eigenvalue weighted by atomic mass is 10.0. The van der Waals surface area contributed by atoms with Gasteiger partial charge in [0.25, 0.3) is 5.69 Å². The third-order valence-electron chi connectivity index (χ3n) is 4.81. The molecule has 7 nitrogen and oxygen atoms in total. The minimum atomic E-state index is -0.477. The van der Waals surface area contributed by atoms with Gasteiger partial charge in [-0.1, -0.05) is 6.07 Å². The summed E-state index contributed by atoms with van der Waals surface area (Å²) >= 11 is 0. The Morgan fingerprint density at radius 3 is 2.43 bits per heavy atom. The number of nitriles is 1. The molecule has 3 aromatic rings. The van der Waals surface area contributed by atoms with Crippen molar-refractivity contribution in [2.75, 3.05) is 7.11 Å². The quantitative estimate of drug-likeness (QED) is 0.263. The van der Waals surface area contributed by atoms with Crippen LogP contribution >= 0.6 is 0 Å². The maximum absolute atomic E-state index is 11.9. The van der Waals surface area contributed by atoms with Crippen LogP contribution in [-0.2, 0) is 4.74 Å². The number of allylic oxidation sites excluding steroid dienone is 1. The Hall–Kier alpha value is -4.18. The molecule has 0 unspecified atom stereocenters. The van der Waals surface area contributed by atoms with Crippen LogP contribution in [0.25, 0.3) is 17.3 Å². The summed E-state index contributed by atoms with van der Waals surface area (Å²) in [6.45, 7) is 3.86. The van der Waals surface area contributed by atoms with Crippen molar-refractivity contribution in [2.24, 2.45) is 0 Å². The number of aryl methyl sites for hydroxylation is 1. The summed E-state index contributed by atoms with van der Waals surface area (Å²) in [5.74, 6) is -0.413. The van der Waals surface area contributed by atoms with Gasteiger partial charge < -0.3 is 9.30 Å². The number of non-ortho nitro benzene ring substituents is 1. The van der Waals surface area contributed by atoms with E-state index in [4.69, 9.17) is 4.74 Å². The monoisotopic (exact) mass is 401 g/mol. The van der Waals surface area contributed by atoms with E-state index in [1.54, 1.807) is 36.4 Å².